The van der Waals surface area contributed by atoms with Gasteiger partial charge in [0.05, 0.1) is 6.26 Å². The number of piperidine rings is 1. The number of likely N-dealkylation sites (tertiary alicyclic amines) is 1. The average molecular weight is 263 g/mol. The van der Waals surface area contributed by atoms with Crippen molar-refractivity contribution in [1.29, 1.82) is 0 Å². The van der Waals surface area contributed by atoms with Crippen LogP contribution >= 0.6 is 0 Å². The summed E-state index contributed by atoms with van der Waals surface area (Å²) in [6.07, 6.45) is 6.12. The Morgan fingerprint density at radius 3 is 2.95 bits per heavy atom. The second-order valence-electron chi connectivity index (χ2n) is 4.78. The Labute approximate surface area is 111 Å². The number of nitrogens with zero attached hydrogens (tertiary/aromatic N) is 1. The number of hydrogen-bond acceptors (Lipinski definition) is 3. The molecule has 5 nitrogen and oxygen atoms in total. The van der Waals surface area contributed by atoms with Gasteiger partial charge in [-0.05, 0) is 37.0 Å². The number of furan rings is 1. The van der Waals surface area contributed by atoms with Gasteiger partial charge >= 0.3 is 5.97 Å². The molecule has 0 bridgehead atoms. The first-order valence-corrected chi connectivity index (χ1v) is 6.34. The van der Waals surface area contributed by atoms with Crippen molar-refractivity contribution in [3.8, 4) is 0 Å². The summed E-state index contributed by atoms with van der Waals surface area (Å²) >= 11 is 0. The molecule has 0 aromatic carbocycles. The van der Waals surface area contributed by atoms with Gasteiger partial charge in [0.1, 0.15) is 11.8 Å². The summed E-state index contributed by atoms with van der Waals surface area (Å²) in [4.78, 5) is 24.8. The Kier molecular flexibility index (Phi) is 4.04. The van der Waals surface area contributed by atoms with Crippen LogP contribution in [0.1, 0.15) is 25.5 Å². The highest BCUT2D eigenvalue weighted by Crippen LogP contribution is 2.24. The van der Waals surface area contributed by atoms with Gasteiger partial charge in [-0.1, -0.05) is 6.92 Å². The van der Waals surface area contributed by atoms with E-state index in [0.29, 0.717) is 12.3 Å². The summed E-state index contributed by atoms with van der Waals surface area (Å²) in [7, 11) is 0. The largest absolute Gasteiger partial charge is 0.480 e. The highest BCUT2D eigenvalue weighted by molar-refractivity contribution is 5.94. The lowest BCUT2D eigenvalue weighted by Gasteiger charge is -2.36. The maximum atomic E-state index is 12.1. The number of carboxylic acid groups (broad SMARTS) is 1. The molecule has 102 valence electrons. The predicted molar refractivity (Wildman–Crippen MR) is 69.3 cm³/mol. The molecule has 1 aliphatic rings. The van der Waals surface area contributed by atoms with Crippen molar-refractivity contribution in [3.63, 3.8) is 0 Å². The Bertz CT molecular complexity index is 478. The van der Waals surface area contributed by atoms with Crippen LogP contribution in [0.4, 0.5) is 0 Å². The number of carbonyl (C=O) groups excluding carboxylic acids is 1. The molecule has 1 aromatic heterocycles. The van der Waals surface area contributed by atoms with Crippen molar-refractivity contribution >= 4 is 18.0 Å². The summed E-state index contributed by atoms with van der Waals surface area (Å²) in [6.45, 7) is 2.36. The van der Waals surface area contributed by atoms with Gasteiger partial charge in [-0.2, -0.15) is 0 Å². The molecule has 2 heterocycles. The molecule has 1 aromatic rings. The Morgan fingerprint density at radius 2 is 2.32 bits per heavy atom. The molecule has 1 N–H and O–H groups in total. The van der Waals surface area contributed by atoms with Crippen LogP contribution in [0, 0.1) is 5.92 Å². The molecule has 2 rings (SSSR count). The molecule has 19 heavy (non-hydrogen) atoms. The number of aliphatic carboxylic acids is 1. The van der Waals surface area contributed by atoms with Crippen molar-refractivity contribution < 1.29 is 19.1 Å². The minimum Gasteiger partial charge on any atom is -0.480 e. The standard InChI is InChI=1S/C14H17NO4/c1-10-4-2-8-15(13(10)14(17)18)12(16)7-6-11-5-3-9-19-11/h3,5-7,9-10,13H,2,4,8H2,1H3,(H,17,18)/b7-6+. The Morgan fingerprint density at radius 1 is 1.53 bits per heavy atom. The minimum absolute atomic E-state index is 0.0211. The molecule has 0 radical (unpaired) electrons. The molecule has 1 amide bonds. The third-order valence-corrected chi connectivity index (χ3v) is 3.40. The minimum atomic E-state index is -0.938. The lowest BCUT2D eigenvalue weighted by atomic mass is 9.90. The number of amides is 1. The third kappa shape index (κ3) is 3.05. The van der Waals surface area contributed by atoms with E-state index in [4.69, 9.17) is 4.42 Å². The quantitative estimate of drug-likeness (QED) is 0.847. The summed E-state index contributed by atoms with van der Waals surface area (Å²) in [5, 5.41) is 9.24. The molecule has 0 spiro atoms. The van der Waals surface area contributed by atoms with E-state index in [1.807, 2.05) is 6.92 Å². The van der Waals surface area contributed by atoms with Gasteiger partial charge in [0.15, 0.2) is 0 Å². The van der Waals surface area contributed by atoms with Gasteiger partial charge in [-0.15, -0.1) is 0 Å². The van der Waals surface area contributed by atoms with Crippen LogP contribution in [0.5, 0.6) is 0 Å². The van der Waals surface area contributed by atoms with Crippen LogP contribution < -0.4 is 0 Å². The van der Waals surface area contributed by atoms with Gasteiger partial charge in [0.25, 0.3) is 0 Å². The fraction of sp³-hybridized carbons (Fsp3) is 0.429. The summed E-state index contributed by atoms with van der Waals surface area (Å²) in [6, 6.07) is 2.73. The van der Waals surface area contributed by atoms with E-state index < -0.39 is 12.0 Å². The SMILES string of the molecule is CC1CCCN(C(=O)/C=C/c2ccco2)C1C(=O)O. The van der Waals surface area contributed by atoms with Crippen molar-refractivity contribution in [2.75, 3.05) is 6.54 Å². The van der Waals surface area contributed by atoms with Crippen LogP contribution in [0.2, 0.25) is 0 Å². The van der Waals surface area contributed by atoms with Crippen LogP contribution in [0.25, 0.3) is 6.08 Å². The monoisotopic (exact) mass is 263 g/mol. The van der Waals surface area contributed by atoms with E-state index in [0.717, 1.165) is 12.8 Å². The molecule has 2 atom stereocenters. The fourth-order valence-electron chi connectivity index (χ4n) is 2.45. The van der Waals surface area contributed by atoms with Crippen molar-refractivity contribution in [3.05, 3.63) is 30.2 Å². The van der Waals surface area contributed by atoms with E-state index >= 15 is 0 Å². The molecular formula is C14H17NO4. The molecule has 0 aliphatic carbocycles. The topological polar surface area (TPSA) is 70.8 Å². The molecule has 2 unspecified atom stereocenters. The fourth-order valence-corrected chi connectivity index (χ4v) is 2.45. The third-order valence-electron chi connectivity index (χ3n) is 3.40. The van der Waals surface area contributed by atoms with Gasteiger partial charge in [-0.3, -0.25) is 4.79 Å². The van der Waals surface area contributed by atoms with E-state index in [1.165, 1.54) is 17.2 Å². The summed E-state index contributed by atoms with van der Waals surface area (Å²) < 4.78 is 5.09. The van der Waals surface area contributed by atoms with Gasteiger partial charge in [-0.25, -0.2) is 4.79 Å². The van der Waals surface area contributed by atoms with E-state index in [9.17, 15) is 14.7 Å². The lowest BCUT2D eigenvalue weighted by molar-refractivity contribution is -0.152. The molecule has 5 heteroatoms. The second kappa shape index (κ2) is 5.73. The van der Waals surface area contributed by atoms with E-state index in [-0.39, 0.29) is 11.8 Å². The number of carboxylic acids is 1. The number of carbonyl (C=O) groups is 2. The number of hydrogen-bond donors (Lipinski definition) is 1. The molecule has 0 saturated carbocycles. The normalized spacial score (nSPS) is 23.7. The Balaban J connectivity index is 2.10. The van der Waals surface area contributed by atoms with Crippen LogP contribution in [-0.4, -0.2) is 34.5 Å². The maximum Gasteiger partial charge on any atom is 0.326 e. The van der Waals surface area contributed by atoms with E-state index in [1.54, 1.807) is 18.2 Å². The van der Waals surface area contributed by atoms with Gasteiger partial charge in [0, 0.05) is 12.6 Å². The van der Waals surface area contributed by atoms with Gasteiger partial charge < -0.3 is 14.4 Å². The van der Waals surface area contributed by atoms with Crippen LogP contribution in [0.15, 0.2) is 28.9 Å². The van der Waals surface area contributed by atoms with Crippen LogP contribution in [0.3, 0.4) is 0 Å². The van der Waals surface area contributed by atoms with E-state index in [2.05, 4.69) is 0 Å². The Hall–Kier alpha value is -2.04. The highest BCUT2D eigenvalue weighted by Gasteiger charge is 2.36. The first-order chi connectivity index (χ1) is 9.09. The molecule has 1 fully saturated rings. The van der Waals surface area contributed by atoms with Crippen molar-refractivity contribution in [2.45, 2.75) is 25.8 Å². The second-order valence-corrected chi connectivity index (χ2v) is 4.78. The zero-order valence-corrected chi connectivity index (χ0v) is 10.8. The summed E-state index contributed by atoms with van der Waals surface area (Å²) in [5.74, 6) is -0.667. The van der Waals surface area contributed by atoms with Crippen molar-refractivity contribution in [1.82, 2.24) is 4.90 Å². The van der Waals surface area contributed by atoms with Gasteiger partial charge in [0.2, 0.25) is 5.91 Å². The molecule has 1 saturated heterocycles. The highest BCUT2D eigenvalue weighted by atomic mass is 16.4. The first kappa shape index (κ1) is 13.4. The smallest absolute Gasteiger partial charge is 0.326 e. The zero-order valence-electron chi connectivity index (χ0n) is 10.8. The summed E-state index contributed by atoms with van der Waals surface area (Å²) in [5.41, 5.74) is 0. The zero-order chi connectivity index (χ0) is 13.8. The lowest BCUT2D eigenvalue weighted by Crippen LogP contribution is -2.51. The maximum absolute atomic E-state index is 12.1. The number of rotatable bonds is 3. The average Bonchev–Trinajstić information content (AvgIpc) is 2.88. The molecular weight excluding hydrogens is 246 g/mol. The van der Waals surface area contributed by atoms with Crippen molar-refractivity contribution in [2.24, 2.45) is 5.92 Å². The predicted octanol–water partition coefficient (Wildman–Crippen LogP) is 2.00. The molecule has 1 aliphatic heterocycles. The van der Waals surface area contributed by atoms with Crippen LogP contribution in [-0.2, 0) is 9.59 Å². The first-order valence-electron chi connectivity index (χ1n) is 6.34.